The largest absolute Gasteiger partial charge is 0.502 e. The number of aliphatic imine (C=N–C) groups is 1. The minimum Gasteiger partial charge on any atom is -0.502 e. The van der Waals surface area contributed by atoms with E-state index in [0.29, 0.717) is 24.2 Å². The van der Waals surface area contributed by atoms with Gasteiger partial charge in [-0.15, -0.1) is 0 Å². The number of amidine groups is 1. The monoisotopic (exact) mass is 541 g/mol. The molecular formula is C26H31N5O6S. The van der Waals surface area contributed by atoms with Gasteiger partial charge in [-0.25, -0.2) is 4.99 Å². The van der Waals surface area contributed by atoms with E-state index in [1.165, 1.54) is 19.1 Å². The zero-order valence-electron chi connectivity index (χ0n) is 21.3. The van der Waals surface area contributed by atoms with E-state index in [-0.39, 0.29) is 33.7 Å². The maximum absolute atomic E-state index is 13.6. The number of rotatable bonds is 11. The highest BCUT2D eigenvalue weighted by atomic mass is 32.2. The molecule has 1 saturated heterocycles. The first-order valence-corrected chi connectivity index (χ1v) is 12.6. The molecule has 0 bridgehead atoms. The Kier molecular flexibility index (Phi) is 9.74. The van der Waals surface area contributed by atoms with Crippen LogP contribution >= 0.6 is 11.8 Å². The van der Waals surface area contributed by atoms with Crippen molar-refractivity contribution in [3.05, 3.63) is 52.9 Å². The van der Waals surface area contributed by atoms with Crippen LogP contribution in [0.3, 0.4) is 0 Å². The molecule has 0 unspecified atom stereocenters. The summed E-state index contributed by atoms with van der Waals surface area (Å²) in [6.07, 6.45) is 2.37. The van der Waals surface area contributed by atoms with Gasteiger partial charge in [-0.1, -0.05) is 18.2 Å². The number of methoxy groups -OCH3 is 2. The smallest absolute Gasteiger partial charge is 0.267 e. The zero-order chi connectivity index (χ0) is 27.8. The van der Waals surface area contributed by atoms with Crippen LogP contribution in [0.5, 0.6) is 17.2 Å². The Bertz CT molecular complexity index is 1220. The second-order valence-corrected chi connectivity index (χ2v) is 9.37. The summed E-state index contributed by atoms with van der Waals surface area (Å²) in [5, 5.41) is 13.1. The fourth-order valence-corrected chi connectivity index (χ4v) is 4.75. The van der Waals surface area contributed by atoms with Crippen molar-refractivity contribution in [1.29, 1.82) is 0 Å². The van der Waals surface area contributed by atoms with Gasteiger partial charge in [-0.3, -0.25) is 19.3 Å². The van der Waals surface area contributed by atoms with Gasteiger partial charge in [0.15, 0.2) is 16.7 Å². The number of phenols is 1. The van der Waals surface area contributed by atoms with Crippen molar-refractivity contribution in [2.45, 2.75) is 31.8 Å². The molecule has 0 aliphatic carbocycles. The molecule has 0 saturated carbocycles. The average Bonchev–Trinajstić information content (AvgIpc) is 3.20. The lowest BCUT2D eigenvalue weighted by molar-refractivity contribution is -0.134. The van der Waals surface area contributed by atoms with E-state index in [0.717, 1.165) is 11.8 Å². The topological polar surface area (TPSA) is 170 Å². The van der Waals surface area contributed by atoms with Crippen LogP contribution in [-0.4, -0.2) is 65.7 Å². The number of nitrogens with one attached hydrogen (secondary N) is 1. The van der Waals surface area contributed by atoms with Gasteiger partial charge >= 0.3 is 0 Å². The van der Waals surface area contributed by atoms with Crippen molar-refractivity contribution in [3.8, 4) is 17.2 Å². The number of carbonyl (C=O) groups excluding carboxylic acids is 3. The Morgan fingerprint density at radius 2 is 1.82 bits per heavy atom. The molecule has 2 aromatic carbocycles. The van der Waals surface area contributed by atoms with Gasteiger partial charge in [-0.05, 0) is 74.0 Å². The van der Waals surface area contributed by atoms with Crippen LogP contribution in [0.2, 0.25) is 0 Å². The summed E-state index contributed by atoms with van der Waals surface area (Å²) in [7, 11) is 2.81. The summed E-state index contributed by atoms with van der Waals surface area (Å²) >= 11 is 1.09. The van der Waals surface area contributed by atoms with E-state index in [2.05, 4.69) is 10.3 Å². The number of carbonyl (C=O) groups is 3. The van der Waals surface area contributed by atoms with Gasteiger partial charge in [0.25, 0.3) is 5.91 Å². The van der Waals surface area contributed by atoms with E-state index in [1.54, 1.807) is 37.3 Å². The van der Waals surface area contributed by atoms with E-state index < -0.39 is 29.8 Å². The van der Waals surface area contributed by atoms with E-state index in [9.17, 15) is 19.5 Å². The molecule has 3 amide bonds. The molecule has 2 aromatic rings. The summed E-state index contributed by atoms with van der Waals surface area (Å²) in [5.41, 5.74) is 12.1. The Morgan fingerprint density at radius 1 is 1.18 bits per heavy atom. The molecular weight excluding hydrogens is 510 g/mol. The minimum atomic E-state index is -1.01. The fraction of sp³-hybridized carbons (Fsp3) is 0.308. The number of hydrogen-bond donors (Lipinski definition) is 4. The molecule has 11 nitrogen and oxygen atoms in total. The highest BCUT2D eigenvalue weighted by Crippen LogP contribution is 2.40. The Morgan fingerprint density at radius 3 is 2.37 bits per heavy atom. The molecule has 0 aromatic heterocycles. The molecule has 202 valence electrons. The minimum absolute atomic E-state index is 0.167. The lowest BCUT2D eigenvalue weighted by Gasteiger charge is -2.25. The predicted molar refractivity (Wildman–Crippen MR) is 146 cm³/mol. The van der Waals surface area contributed by atoms with Crippen LogP contribution in [-0.2, 0) is 14.4 Å². The number of aromatic hydroxyl groups is 1. The van der Waals surface area contributed by atoms with Gasteiger partial charge in [0, 0.05) is 0 Å². The predicted octanol–water partition coefficient (Wildman–Crippen LogP) is 2.11. The van der Waals surface area contributed by atoms with Crippen molar-refractivity contribution in [2.75, 3.05) is 20.8 Å². The second-order valence-electron chi connectivity index (χ2n) is 8.36. The van der Waals surface area contributed by atoms with E-state index >= 15 is 0 Å². The third-order valence-corrected chi connectivity index (χ3v) is 6.72. The number of amides is 3. The fourth-order valence-electron chi connectivity index (χ4n) is 3.68. The Balaban J connectivity index is 1.99. The van der Waals surface area contributed by atoms with Crippen LogP contribution in [0.25, 0.3) is 6.08 Å². The lowest BCUT2D eigenvalue weighted by Crippen LogP contribution is -2.53. The summed E-state index contributed by atoms with van der Waals surface area (Å²) in [4.78, 5) is 44.7. The first-order valence-electron chi connectivity index (χ1n) is 11.8. The van der Waals surface area contributed by atoms with Gasteiger partial charge in [0.05, 0.1) is 24.8 Å². The number of nitrogens with zero attached hydrogens (tertiary/aromatic N) is 2. The summed E-state index contributed by atoms with van der Waals surface area (Å²) in [5.74, 6) is -1.53. The molecule has 38 heavy (non-hydrogen) atoms. The van der Waals surface area contributed by atoms with Gasteiger partial charge in [-0.2, -0.15) is 0 Å². The van der Waals surface area contributed by atoms with Crippen LogP contribution in [0.1, 0.15) is 25.3 Å². The van der Waals surface area contributed by atoms with Crippen molar-refractivity contribution in [1.82, 2.24) is 10.2 Å². The molecule has 1 heterocycles. The molecule has 1 fully saturated rings. The van der Waals surface area contributed by atoms with Crippen LogP contribution in [0.4, 0.5) is 5.69 Å². The highest BCUT2D eigenvalue weighted by molar-refractivity contribution is 8.18. The van der Waals surface area contributed by atoms with Crippen molar-refractivity contribution >= 4 is 46.4 Å². The maximum atomic E-state index is 13.6. The van der Waals surface area contributed by atoms with Gasteiger partial charge in [0.2, 0.25) is 17.6 Å². The molecule has 2 atom stereocenters. The first-order chi connectivity index (χ1) is 18.2. The van der Waals surface area contributed by atoms with E-state index in [1.807, 2.05) is 18.2 Å². The normalized spacial score (nSPS) is 16.9. The number of para-hydroxylation sites is 1. The van der Waals surface area contributed by atoms with Crippen molar-refractivity contribution in [2.24, 2.45) is 16.5 Å². The third kappa shape index (κ3) is 6.64. The lowest BCUT2D eigenvalue weighted by atomic mass is 10.1. The Hall–Kier alpha value is -4.03. The molecule has 12 heteroatoms. The number of hydrogen-bond acceptors (Lipinski definition) is 9. The zero-order valence-corrected chi connectivity index (χ0v) is 22.2. The summed E-state index contributed by atoms with van der Waals surface area (Å²) in [6, 6.07) is 10.2. The molecule has 0 radical (unpaired) electrons. The standard InChI is InChI=1S/C26H31N5O6S/c1-15(24(34)30-18(23(28)33)10-7-11-27)31-25(35)21(38-26(31)29-17-8-5-4-6-9-17)14-16-12-19(36-2)22(32)20(13-16)37-3/h4-6,8-9,12-15,18,32H,7,10-11,27H2,1-3H3,(H2,28,33)(H,30,34)/b21-14-,29-26?/t15-,18-/m0/s1. The van der Waals surface area contributed by atoms with Crippen LogP contribution in [0, 0.1) is 0 Å². The second kappa shape index (κ2) is 13.0. The Labute approximate surface area is 224 Å². The molecule has 1 aliphatic heterocycles. The average molecular weight is 542 g/mol. The maximum Gasteiger partial charge on any atom is 0.267 e. The summed E-state index contributed by atoms with van der Waals surface area (Å²) in [6.45, 7) is 1.89. The van der Waals surface area contributed by atoms with Crippen molar-refractivity contribution < 1.29 is 29.0 Å². The van der Waals surface area contributed by atoms with Crippen LogP contribution < -0.4 is 26.3 Å². The summed E-state index contributed by atoms with van der Waals surface area (Å²) < 4.78 is 10.4. The van der Waals surface area contributed by atoms with E-state index in [4.69, 9.17) is 20.9 Å². The third-order valence-electron chi connectivity index (χ3n) is 5.74. The number of primary amides is 1. The number of phenolic OH excluding ortho intramolecular Hbond substituents is 1. The molecule has 6 N–H and O–H groups in total. The van der Waals surface area contributed by atoms with Crippen LogP contribution in [0.15, 0.2) is 52.4 Å². The highest BCUT2D eigenvalue weighted by Gasteiger charge is 2.40. The number of benzene rings is 2. The first kappa shape index (κ1) is 28.5. The molecule has 3 rings (SSSR count). The van der Waals surface area contributed by atoms with Gasteiger partial charge < -0.3 is 31.4 Å². The molecule has 1 aliphatic rings. The SMILES string of the molecule is COc1cc(/C=C2\SC(=Nc3ccccc3)N([C@@H](C)C(=O)N[C@@H](CCCN)C(N)=O)C2=O)cc(OC)c1O. The number of nitrogens with two attached hydrogens (primary N) is 2. The quantitative estimate of drug-likeness (QED) is 0.314. The number of thioether (sulfide) groups is 1. The molecule has 0 spiro atoms. The number of ether oxygens (including phenoxy) is 2. The van der Waals surface area contributed by atoms with Gasteiger partial charge in [0.1, 0.15) is 12.1 Å². The van der Waals surface area contributed by atoms with Crippen molar-refractivity contribution in [3.63, 3.8) is 0 Å².